The van der Waals surface area contributed by atoms with Gasteiger partial charge in [-0.25, -0.2) is 4.98 Å². The summed E-state index contributed by atoms with van der Waals surface area (Å²) in [5, 5.41) is 2.05. The molecule has 0 radical (unpaired) electrons. The van der Waals surface area contributed by atoms with Crippen molar-refractivity contribution in [1.29, 1.82) is 0 Å². The zero-order valence-electron chi connectivity index (χ0n) is 10.5. The molecule has 0 amide bonds. The van der Waals surface area contributed by atoms with Crippen molar-refractivity contribution in [1.82, 2.24) is 14.5 Å². The number of pyridine rings is 1. The van der Waals surface area contributed by atoms with Crippen molar-refractivity contribution >= 4 is 11.3 Å². The Hall–Kier alpha value is -2.14. The highest BCUT2D eigenvalue weighted by molar-refractivity contribution is 7.14. The second kappa shape index (κ2) is 4.85. The Kier molecular flexibility index (Phi) is 3.05. The smallest absolute Gasteiger partial charge is 0.248 e. The van der Waals surface area contributed by atoms with E-state index in [1.165, 1.54) is 0 Å². The number of imidazole rings is 1. The molecule has 0 aliphatic heterocycles. The Morgan fingerprint density at radius 1 is 1.37 bits per heavy atom. The fraction of sp³-hybridized carbons (Fsp3) is 0.143. The number of nitrogens with zero attached hydrogens (tertiary/aromatic N) is 2. The molecule has 3 heterocycles. The van der Waals surface area contributed by atoms with Crippen LogP contribution in [0.1, 0.15) is 12.6 Å². The average Bonchev–Trinajstić information content (AvgIpc) is 3.08. The molecule has 3 aromatic rings. The van der Waals surface area contributed by atoms with Crippen LogP contribution in [0.25, 0.3) is 16.1 Å². The SMILES string of the molecule is CCc1[nH]c(=O)ccc1-c1sccc1-n1ccnc1. The summed E-state index contributed by atoms with van der Waals surface area (Å²) in [6.45, 7) is 2.04. The maximum absolute atomic E-state index is 11.4. The number of aromatic amines is 1. The van der Waals surface area contributed by atoms with Crippen LogP contribution in [0.5, 0.6) is 0 Å². The van der Waals surface area contributed by atoms with Gasteiger partial charge in [0.2, 0.25) is 5.56 Å². The lowest BCUT2D eigenvalue weighted by Gasteiger charge is -2.08. The number of thiophene rings is 1. The third-order valence-corrected chi connectivity index (χ3v) is 3.96. The summed E-state index contributed by atoms with van der Waals surface area (Å²) in [5.74, 6) is 0. The topological polar surface area (TPSA) is 50.7 Å². The van der Waals surface area contributed by atoms with E-state index in [2.05, 4.69) is 21.4 Å². The van der Waals surface area contributed by atoms with Crippen LogP contribution < -0.4 is 5.56 Å². The summed E-state index contributed by atoms with van der Waals surface area (Å²) in [5.41, 5.74) is 3.09. The summed E-state index contributed by atoms with van der Waals surface area (Å²) in [7, 11) is 0. The normalized spacial score (nSPS) is 10.8. The standard InChI is InChI=1S/C14H13N3OS/c1-2-11-10(3-4-13(18)16-11)14-12(5-8-19-14)17-7-6-15-9-17/h3-9H,2H2,1H3,(H,16,18). The maximum atomic E-state index is 11.4. The molecular formula is C14H13N3OS. The van der Waals surface area contributed by atoms with Crippen molar-refractivity contribution < 1.29 is 0 Å². The Bertz CT molecular complexity index is 740. The summed E-state index contributed by atoms with van der Waals surface area (Å²) < 4.78 is 1.98. The van der Waals surface area contributed by atoms with E-state index in [4.69, 9.17) is 0 Å². The van der Waals surface area contributed by atoms with Gasteiger partial charge in [-0.1, -0.05) is 6.92 Å². The van der Waals surface area contributed by atoms with Gasteiger partial charge in [0.25, 0.3) is 0 Å². The Morgan fingerprint density at radius 3 is 3.00 bits per heavy atom. The zero-order valence-corrected chi connectivity index (χ0v) is 11.3. The predicted octanol–water partition coefficient (Wildman–Crippen LogP) is 2.85. The second-order valence-electron chi connectivity index (χ2n) is 4.17. The molecule has 0 spiro atoms. The van der Waals surface area contributed by atoms with E-state index in [1.807, 2.05) is 23.8 Å². The molecule has 5 heteroatoms. The molecule has 0 aromatic carbocycles. The van der Waals surface area contributed by atoms with Crippen LogP contribution in [0.2, 0.25) is 0 Å². The van der Waals surface area contributed by atoms with E-state index >= 15 is 0 Å². The summed E-state index contributed by atoms with van der Waals surface area (Å²) in [6, 6.07) is 5.53. The molecule has 0 aliphatic carbocycles. The fourth-order valence-corrected chi connectivity index (χ4v) is 3.06. The van der Waals surface area contributed by atoms with E-state index in [0.717, 1.165) is 28.2 Å². The Balaban J connectivity index is 2.19. The molecule has 3 rings (SSSR count). The van der Waals surface area contributed by atoms with Crippen molar-refractivity contribution in [3.05, 3.63) is 58.3 Å². The maximum Gasteiger partial charge on any atom is 0.248 e. The first kappa shape index (κ1) is 11.9. The first-order chi connectivity index (χ1) is 9.29. The van der Waals surface area contributed by atoms with Crippen molar-refractivity contribution in [2.45, 2.75) is 13.3 Å². The first-order valence-corrected chi connectivity index (χ1v) is 6.96. The summed E-state index contributed by atoms with van der Waals surface area (Å²) in [4.78, 5) is 19.6. The van der Waals surface area contributed by atoms with Gasteiger partial charge < -0.3 is 9.55 Å². The van der Waals surface area contributed by atoms with Gasteiger partial charge in [0, 0.05) is 29.7 Å². The Labute approximate surface area is 114 Å². The van der Waals surface area contributed by atoms with Crippen LogP contribution in [0.3, 0.4) is 0 Å². The minimum Gasteiger partial charge on any atom is -0.326 e. The van der Waals surface area contributed by atoms with Crippen LogP contribution in [0, 0.1) is 0 Å². The number of hydrogen-bond donors (Lipinski definition) is 1. The molecule has 0 bridgehead atoms. The second-order valence-corrected chi connectivity index (χ2v) is 5.09. The highest BCUT2D eigenvalue weighted by Crippen LogP contribution is 2.33. The van der Waals surface area contributed by atoms with Gasteiger partial charge in [-0.15, -0.1) is 11.3 Å². The summed E-state index contributed by atoms with van der Waals surface area (Å²) >= 11 is 1.67. The van der Waals surface area contributed by atoms with E-state index in [1.54, 1.807) is 29.9 Å². The van der Waals surface area contributed by atoms with Gasteiger partial charge in [0.1, 0.15) is 0 Å². The van der Waals surface area contributed by atoms with Crippen LogP contribution in [0.15, 0.2) is 47.1 Å². The quantitative estimate of drug-likeness (QED) is 0.796. The lowest BCUT2D eigenvalue weighted by molar-refractivity contribution is 1.01. The molecule has 96 valence electrons. The van der Waals surface area contributed by atoms with Crippen LogP contribution in [-0.2, 0) is 6.42 Å². The number of nitrogens with one attached hydrogen (secondary N) is 1. The largest absolute Gasteiger partial charge is 0.326 e. The van der Waals surface area contributed by atoms with E-state index < -0.39 is 0 Å². The highest BCUT2D eigenvalue weighted by atomic mass is 32.1. The van der Waals surface area contributed by atoms with E-state index in [-0.39, 0.29) is 5.56 Å². The number of H-pyrrole nitrogens is 1. The van der Waals surface area contributed by atoms with Crippen molar-refractivity contribution in [3.63, 3.8) is 0 Å². The molecule has 0 unspecified atom stereocenters. The van der Waals surface area contributed by atoms with Gasteiger partial charge in [-0.05, 0) is 23.9 Å². The molecule has 0 aliphatic rings. The lowest BCUT2D eigenvalue weighted by atomic mass is 10.1. The number of hydrogen-bond acceptors (Lipinski definition) is 3. The Morgan fingerprint density at radius 2 is 2.26 bits per heavy atom. The van der Waals surface area contributed by atoms with Crippen molar-refractivity contribution in [2.75, 3.05) is 0 Å². The number of rotatable bonds is 3. The zero-order chi connectivity index (χ0) is 13.2. The minimum absolute atomic E-state index is 0.0543. The molecule has 0 fully saturated rings. The first-order valence-electron chi connectivity index (χ1n) is 6.08. The van der Waals surface area contributed by atoms with Gasteiger partial charge in [-0.3, -0.25) is 4.79 Å². The van der Waals surface area contributed by atoms with Crippen LogP contribution in [0.4, 0.5) is 0 Å². The molecule has 3 aromatic heterocycles. The van der Waals surface area contributed by atoms with Gasteiger partial charge >= 0.3 is 0 Å². The number of aryl methyl sites for hydroxylation is 1. The van der Waals surface area contributed by atoms with Crippen molar-refractivity contribution in [3.8, 4) is 16.1 Å². The van der Waals surface area contributed by atoms with Gasteiger partial charge in [0.05, 0.1) is 16.9 Å². The van der Waals surface area contributed by atoms with Gasteiger partial charge in [-0.2, -0.15) is 0 Å². The minimum atomic E-state index is -0.0543. The average molecular weight is 271 g/mol. The fourth-order valence-electron chi connectivity index (χ4n) is 2.12. The van der Waals surface area contributed by atoms with Crippen LogP contribution >= 0.6 is 11.3 Å². The van der Waals surface area contributed by atoms with E-state index in [9.17, 15) is 4.79 Å². The molecule has 0 atom stereocenters. The van der Waals surface area contributed by atoms with Gasteiger partial charge in [0.15, 0.2) is 0 Å². The highest BCUT2D eigenvalue weighted by Gasteiger charge is 2.12. The third-order valence-electron chi connectivity index (χ3n) is 3.03. The molecule has 1 N–H and O–H groups in total. The molecule has 0 saturated carbocycles. The monoisotopic (exact) mass is 271 g/mol. The van der Waals surface area contributed by atoms with Crippen LogP contribution in [-0.4, -0.2) is 14.5 Å². The molecular weight excluding hydrogens is 258 g/mol. The van der Waals surface area contributed by atoms with E-state index in [0.29, 0.717) is 0 Å². The number of aromatic nitrogens is 3. The molecule has 19 heavy (non-hydrogen) atoms. The third kappa shape index (κ3) is 2.13. The molecule has 0 saturated heterocycles. The van der Waals surface area contributed by atoms with Crippen molar-refractivity contribution in [2.24, 2.45) is 0 Å². The lowest BCUT2D eigenvalue weighted by Crippen LogP contribution is -2.07. The summed E-state index contributed by atoms with van der Waals surface area (Å²) in [6.07, 6.45) is 6.26. The predicted molar refractivity (Wildman–Crippen MR) is 76.9 cm³/mol. The molecule has 4 nitrogen and oxygen atoms in total.